The Labute approximate surface area is 181 Å². The van der Waals surface area contributed by atoms with Crippen molar-refractivity contribution in [2.75, 3.05) is 11.9 Å². The summed E-state index contributed by atoms with van der Waals surface area (Å²) in [6.45, 7) is -0.225. The van der Waals surface area contributed by atoms with Crippen molar-refractivity contribution in [3.63, 3.8) is 0 Å². The number of aliphatic imine (C=N–C) groups is 1. The fourth-order valence-corrected chi connectivity index (χ4v) is 4.26. The van der Waals surface area contributed by atoms with Crippen molar-refractivity contribution in [1.29, 1.82) is 0 Å². The predicted octanol–water partition coefficient (Wildman–Crippen LogP) is 4.90. The van der Waals surface area contributed by atoms with Crippen LogP contribution in [-0.2, 0) is 15.8 Å². The Morgan fingerprint density at radius 1 is 1.10 bits per heavy atom. The Morgan fingerprint density at radius 2 is 1.74 bits per heavy atom. The lowest BCUT2D eigenvalue weighted by molar-refractivity contribution is -0.137. The van der Waals surface area contributed by atoms with Gasteiger partial charge in [0.15, 0.2) is 0 Å². The molecule has 2 aliphatic rings. The van der Waals surface area contributed by atoms with Crippen molar-refractivity contribution in [3.05, 3.63) is 64.7 Å². The lowest BCUT2D eigenvalue weighted by Gasteiger charge is -2.32. The van der Waals surface area contributed by atoms with E-state index in [4.69, 9.17) is 11.6 Å². The third kappa shape index (κ3) is 4.17. The molecule has 2 aromatic carbocycles. The third-order valence-electron chi connectivity index (χ3n) is 5.61. The smallest absolute Gasteiger partial charge is 0.323 e. The number of carbonyl (C=O) groups is 2. The fraction of sp³-hybridized carbons (Fsp3) is 0.318. The zero-order valence-electron chi connectivity index (χ0n) is 16.4. The maximum atomic E-state index is 13.2. The highest BCUT2D eigenvalue weighted by atomic mass is 35.5. The minimum Gasteiger partial charge on any atom is -0.323 e. The molecule has 0 radical (unpaired) electrons. The molecule has 1 saturated carbocycles. The molecule has 2 aromatic rings. The van der Waals surface area contributed by atoms with Crippen LogP contribution in [0.5, 0.6) is 0 Å². The van der Waals surface area contributed by atoms with Crippen LogP contribution >= 0.6 is 11.6 Å². The largest absolute Gasteiger partial charge is 0.416 e. The first-order chi connectivity index (χ1) is 14.7. The van der Waals surface area contributed by atoms with Crippen molar-refractivity contribution in [3.8, 4) is 0 Å². The molecular weight excluding hydrogens is 431 g/mol. The molecule has 5 nitrogen and oxygen atoms in total. The minimum atomic E-state index is -4.46. The highest BCUT2D eigenvalue weighted by Crippen LogP contribution is 2.41. The topological polar surface area (TPSA) is 61.8 Å². The molecule has 2 amide bonds. The number of halogens is 4. The number of alkyl halides is 3. The highest BCUT2D eigenvalue weighted by molar-refractivity contribution is 6.47. The average Bonchev–Trinajstić information content (AvgIpc) is 3.30. The Kier molecular flexibility index (Phi) is 5.51. The van der Waals surface area contributed by atoms with Gasteiger partial charge in [-0.3, -0.25) is 14.6 Å². The van der Waals surface area contributed by atoms with Crippen molar-refractivity contribution in [2.24, 2.45) is 4.99 Å². The number of anilines is 1. The number of rotatable bonds is 4. The molecule has 4 rings (SSSR count). The van der Waals surface area contributed by atoms with Gasteiger partial charge in [0, 0.05) is 5.56 Å². The molecule has 0 unspecified atom stereocenters. The van der Waals surface area contributed by atoms with Crippen LogP contribution in [0.15, 0.2) is 53.5 Å². The Balaban J connectivity index is 1.57. The van der Waals surface area contributed by atoms with E-state index >= 15 is 0 Å². The van der Waals surface area contributed by atoms with E-state index < -0.39 is 29.2 Å². The molecule has 1 spiro atoms. The van der Waals surface area contributed by atoms with Crippen LogP contribution in [0.1, 0.15) is 36.8 Å². The SMILES string of the molecule is O=C(CN1C(=O)C(c2ccc(C(F)(F)F)cc2)=NC12CCCC2)Nc1ccccc1Cl. The Hall–Kier alpha value is -2.87. The summed E-state index contributed by atoms with van der Waals surface area (Å²) in [5, 5.41) is 3.08. The average molecular weight is 450 g/mol. The number of benzene rings is 2. The van der Waals surface area contributed by atoms with Crippen LogP contribution in [0.25, 0.3) is 0 Å². The van der Waals surface area contributed by atoms with Gasteiger partial charge in [0.2, 0.25) is 5.91 Å². The van der Waals surface area contributed by atoms with Crippen molar-refractivity contribution >= 4 is 34.8 Å². The molecule has 0 saturated heterocycles. The van der Waals surface area contributed by atoms with E-state index in [0.717, 1.165) is 25.0 Å². The second-order valence-corrected chi connectivity index (χ2v) is 8.05. The summed E-state index contributed by atoms with van der Waals surface area (Å²) < 4.78 is 38.6. The summed E-state index contributed by atoms with van der Waals surface area (Å²) in [5.74, 6) is -0.882. The molecule has 9 heteroatoms. The number of carbonyl (C=O) groups excluding carboxylic acids is 2. The van der Waals surface area contributed by atoms with Crippen molar-refractivity contribution < 1.29 is 22.8 Å². The molecule has 1 heterocycles. The first-order valence-electron chi connectivity index (χ1n) is 9.83. The zero-order valence-corrected chi connectivity index (χ0v) is 17.1. The first-order valence-corrected chi connectivity index (χ1v) is 10.2. The van der Waals surface area contributed by atoms with Gasteiger partial charge in [-0.2, -0.15) is 13.2 Å². The molecule has 1 fully saturated rings. The number of hydrogen-bond donors (Lipinski definition) is 1. The van der Waals surface area contributed by atoms with Gasteiger partial charge in [-0.05, 0) is 49.9 Å². The van der Waals surface area contributed by atoms with E-state index in [9.17, 15) is 22.8 Å². The van der Waals surface area contributed by atoms with E-state index in [2.05, 4.69) is 10.3 Å². The summed E-state index contributed by atoms with van der Waals surface area (Å²) in [6, 6.07) is 11.1. The minimum absolute atomic E-state index is 0.0844. The molecule has 1 N–H and O–H groups in total. The summed E-state index contributed by atoms with van der Waals surface area (Å²) in [5.41, 5.74) is -0.814. The quantitative estimate of drug-likeness (QED) is 0.721. The van der Waals surface area contributed by atoms with Gasteiger partial charge in [0.25, 0.3) is 5.91 Å². The molecule has 0 aromatic heterocycles. The van der Waals surface area contributed by atoms with Crippen molar-refractivity contribution in [2.45, 2.75) is 37.5 Å². The second kappa shape index (κ2) is 8.00. The second-order valence-electron chi connectivity index (χ2n) is 7.64. The Bertz CT molecular complexity index is 1040. The maximum absolute atomic E-state index is 13.2. The van der Waals surface area contributed by atoms with Gasteiger partial charge in [-0.1, -0.05) is 35.9 Å². The molecular formula is C22H19ClF3N3O2. The lowest BCUT2D eigenvalue weighted by Crippen LogP contribution is -2.48. The lowest BCUT2D eigenvalue weighted by atomic mass is 10.1. The van der Waals surface area contributed by atoms with E-state index in [1.165, 1.54) is 17.0 Å². The van der Waals surface area contributed by atoms with Crippen LogP contribution in [0.4, 0.5) is 18.9 Å². The molecule has 0 bridgehead atoms. The standard InChI is InChI=1S/C22H19ClF3N3O2/c23-16-5-1-2-6-17(16)27-18(30)13-29-20(31)19(28-21(29)11-3-4-12-21)14-7-9-15(10-8-14)22(24,25)26/h1-2,5-10H,3-4,11-13H2,(H,27,30). The van der Waals surface area contributed by atoms with Crippen LogP contribution in [0.2, 0.25) is 5.02 Å². The van der Waals surface area contributed by atoms with E-state index in [-0.39, 0.29) is 12.3 Å². The van der Waals surface area contributed by atoms with Gasteiger partial charge >= 0.3 is 6.18 Å². The number of para-hydroxylation sites is 1. The van der Waals surface area contributed by atoms with Gasteiger partial charge in [0.1, 0.15) is 17.9 Å². The molecule has 162 valence electrons. The number of nitrogens with one attached hydrogen (secondary N) is 1. The number of hydrogen-bond acceptors (Lipinski definition) is 3. The van der Waals surface area contributed by atoms with Crippen LogP contribution < -0.4 is 5.32 Å². The summed E-state index contributed by atoms with van der Waals surface area (Å²) in [6.07, 6.45) is -1.57. The Morgan fingerprint density at radius 3 is 2.35 bits per heavy atom. The maximum Gasteiger partial charge on any atom is 0.416 e. The normalized spacial score (nSPS) is 17.9. The summed E-state index contributed by atoms with van der Waals surface area (Å²) in [7, 11) is 0. The third-order valence-corrected chi connectivity index (χ3v) is 5.94. The fourth-order valence-electron chi connectivity index (χ4n) is 4.08. The molecule has 1 aliphatic heterocycles. The molecule has 1 aliphatic carbocycles. The van der Waals surface area contributed by atoms with Crippen molar-refractivity contribution in [1.82, 2.24) is 4.90 Å². The zero-order chi connectivity index (χ0) is 22.2. The van der Waals surface area contributed by atoms with Crippen LogP contribution in [-0.4, -0.2) is 34.6 Å². The number of amides is 2. The van der Waals surface area contributed by atoms with Gasteiger partial charge in [-0.15, -0.1) is 0 Å². The van der Waals surface area contributed by atoms with Gasteiger partial charge < -0.3 is 10.2 Å². The molecule has 0 atom stereocenters. The van der Waals surface area contributed by atoms with E-state index in [1.807, 2.05) is 0 Å². The number of nitrogens with zero attached hydrogens (tertiary/aromatic N) is 2. The summed E-state index contributed by atoms with van der Waals surface area (Å²) in [4.78, 5) is 31.9. The van der Waals surface area contributed by atoms with Crippen LogP contribution in [0.3, 0.4) is 0 Å². The van der Waals surface area contributed by atoms with E-state index in [0.29, 0.717) is 29.1 Å². The summed E-state index contributed by atoms with van der Waals surface area (Å²) >= 11 is 6.08. The van der Waals surface area contributed by atoms with Gasteiger partial charge in [-0.25, -0.2) is 0 Å². The van der Waals surface area contributed by atoms with Crippen LogP contribution in [0, 0.1) is 0 Å². The van der Waals surface area contributed by atoms with Gasteiger partial charge in [0.05, 0.1) is 16.3 Å². The molecule has 31 heavy (non-hydrogen) atoms. The highest BCUT2D eigenvalue weighted by Gasteiger charge is 2.49. The monoisotopic (exact) mass is 449 g/mol. The van der Waals surface area contributed by atoms with E-state index in [1.54, 1.807) is 24.3 Å². The first kappa shape index (κ1) is 21.4. The predicted molar refractivity (Wildman–Crippen MR) is 111 cm³/mol.